The highest BCUT2D eigenvalue weighted by molar-refractivity contribution is 4.72. The smallest absolute Gasteiger partial charge is 0.0698 e. The van der Waals surface area contributed by atoms with E-state index in [0.29, 0.717) is 6.10 Å². The molecular weight excluding hydrogens is 140 g/mol. The fraction of sp³-hybridized carbons (Fsp3) is 1.00. The summed E-state index contributed by atoms with van der Waals surface area (Å²) in [5.74, 6) is 0. The van der Waals surface area contributed by atoms with Crippen LogP contribution in [0.2, 0.25) is 0 Å². The number of piperidine rings is 1. The van der Waals surface area contributed by atoms with Gasteiger partial charge in [0.15, 0.2) is 0 Å². The van der Waals surface area contributed by atoms with Crippen LogP contribution >= 0.6 is 0 Å². The predicted octanol–water partition coefficient (Wildman–Crippen LogP) is 0.0559. The molecule has 3 nitrogen and oxygen atoms in total. The van der Waals surface area contributed by atoms with E-state index in [2.05, 4.69) is 4.90 Å². The van der Waals surface area contributed by atoms with Gasteiger partial charge in [0.25, 0.3) is 0 Å². The van der Waals surface area contributed by atoms with Crippen LogP contribution in [0.3, 0.4) is 0 Å². The first-order chi connectivity index (χ1) is 5.36. The molecule has 11 heavy (non-hydrogen) atoms. The normalized spacial score (nSPS) is 27.3. The molecule has 0 radical (unpaired) electrons. The number of likely N-dealkylation sites (tertiary alicyclic amines) is 1. The maximum absolute atomic E-state index is 5.46. The third kappa shape index (κ3) is 2.77. The molecule has 1 atom stereocenters. The van der Waals surface area contributed by atoms with E-state index in [0.717, 1.165) is 19.6 Å². The number of ether oxygens (including phenoxy) is 1. The van der Waals surface area contributed by atoms with Crippen LogP contribution in [0.15, 0.2) is 0 Å². The molecule has 0 aromatic carbocycles. The molecule has 0 spiro atoms. The van der Waals surface area contributed by atoms with E-state index in [1.807, 2.05) is 0 Å². The molecule has 1 fully saturated rings. The van der Waals surface area contributed by atoms with Crippen LogP contribution in [-0.2, 0) is 4.74 Å². The fourth-order valence-electron chi connectivity index (χ4n) is 1.59. The van der Waals surface area contributed by atoms with Gasteiger partial charge >= 0.3 is 0 Å². The van der Waals surface area contributed by atoms with E-state index in [4.69, 9.17) is 10.5 Å². The van der Waals surface area contributed by atoms with Crippen LogP contribution in [0.4, 0.5) is 0 Å². The summed E-state index contributed by atoms with van der Waals surface area (Å²) in [6, 6.07) is 0. The Hall–Kier alpha value is -0.120. The van der Waals surface area contributed by atoms with Crippen LogP contribution in [-0.4, -0.2) is 44.3 Å². The molecular formula is C8H18N2O. The molecule has 0 saturated carbocycles. The Morgan fingerprint density at radius 1 is 1.64 bits per heavy atom. The minimum atomic E-state index is 0.440. The summed E-state index contributed by atoms with van der Waals surface area (Å²) in [7, 11) is 1.79. The third-order valence-corrected chi connectivity index (χ3v) is 2.24. The topological polar surface area (TPSA) is 38.5 Å². The maximum Gasteiger partial charge on any atom is 0.0698 e. The lowest BCUT2D eigenvalue weighted by Gasteiger charge is -2.31. The maximum atomic E-state index is 5.46. The predicted molar refractivity (Wildman–Crippen MR) is 45.5 cm³/mol. The van der Waals surface area contributed by atoms with Crippen molar-refractivity contribution in [3.8, 4) is 0 Å². The van der Waals surface area contributed by atoms with Gasteiger partial charge in [-0.15, -0.1) is 0 Å². The van der Waals surface area contributed by atoms with Gasteiger partial charge < -0.3 is 10.5 Å². The zero-order chi connectivity index (χ0) is 8.10. The Labute approximate surface area is 68.5 Å². The molecule has 0 bridgehead atoms. The van der Waals surface area contributed by atoms with Crippen LogP contribution < -0.4 is 5.73 Å². The molecule has 0 unspecified atom stereocenters. The van der Waals surface area contributed by atoms with Crippen molar-refractivity contribution in [2.24, 2.45) is 5.73 Å². The van der Waals surface area contributed by atoms with Crippen LogP contribution in [0.1, 0.15) is 12.8 Å². The number of nitrogens with two attached hydrogens (primary N) is 1. The van der Waals surface area contributed by atoms with E-state index >= 15 is 0 Å². The summed E-state index contributed by atoms with van der Waals surface area (Å²) in [6.45, 7) is 4.03. The van der Waals surface area contributed by atoms with Gasteiger partial charge in [-0.2, -0.15) is 0 Å². The van der Waals surface area contributed by atoms with Gasteiger partial charge in [0.05, 0.1) is 6.10 Å². The lowest BCUT2D eigenvalue weighted by molar-refractivity contribution is 0.0326. The molecule has 0 aliphatic carbocycles. The Morgan fingerprint density at radius 3 is 3.09 bits per heavy atom. The minimum absolute atomic E-state index is 0.440. The Balaban J connectivity index is 2.21. The molecule has 0 aromatic rings. The van der Waals surface area contributed by atoms with Gasteiger partial charge in [0, 0.05) is 26.7 Å². The van der Waals surface area contributed by atoms with Gasteiger partial charge in [0.2, 0.25) is 0 Å². The largest absolute Gasteiger partial charge is 0.380 e. The molecule has 1 saturated heterocycles. The van der Waals surface area contributed by atoms with Gasteiger partial charge in [-0.3, -0.25) is 4.90 Å². The molecule has 3 heteroatoms. The second kappa shape index (κ2) is 4.70. The summed E-state index contributed by atoms with van der Waals surface area (Å²) < 4.78 is 5.29. The van der Waals surface area contributed by atoms with Crippen LogP contribution in [0.5, 0.6) is 0 Å². The first kappa shape index (κ1) is 8.97. The first-order valence-electron chi connectivity index (χ1n) is 4.32. The molecule has 0 aromatic heterocycles. The van der Waals surface area contributed by atoms with Crippen LogP contribution in [0.25, 0.3) is 0 Å². The third-order valence-electron chi connectivity index (χ3n) is 2.24. The Kier molecular flexibility index (Phi) is 3.83. The fourth-order valence-corrected chi connectivity index (χ4v) is 1.59. The van der Waals surface area contributed by atoms with Crippen LogP contribution in [0, 0.1) is 0 Å². The average Bonchev–Trinajstić information content (AvgIpc) is 2.06. The van der Waals surface area contributed by atoms with E-state index in [1.54, 1.807) is 7.11 Å². The van der Waals surface area contributed by atoms with Gasteiger partial charge in [0.1, 0.15) is 0 Å². The van der Waals surface area contributed by atoms with Crippen molar-refractivity contribution in [1.82, 2.24) is 4.90 Å². The molecule has 2 N–H and O–H groups in total. The highest BCUT2D eigenvalue weighted by Gasteiger charge is 2.17. The number of methoxy groups -OCH3 is 1. The SMILES string of the molecule is CO[C@H]1CCCN(CCN)C1. The molecule has 0 amide bonds. The van der Waals surface area contributed by atoms with E-state index in [-0.39, 0.29) is 0 Å². The van der Waals surface area contributed by atoms with Crippen molar-refractivity contribution in [3.05, 3.63) is 0 Å². The van der Waals surface area contributed by atoms with E-state index in [1.165, 1.54) is 19.4 Å². The summed E-state index contributed by atoms with van der Waals surface area (Å²) in [4.78, 5) is 2.37. The minimum Gasteiger partial charge on any atom is -0.380 e. The van der Waals surface area contributed by atoms with Gasteiger partial charge in [-0.1, -0.05) is 0 Å². The summed E-state index contributed by atoms with van der Waals surface area (Å²) in [6.07, 6.45) is 2.89. The zero-order valence-corrected chi connectivity index (χ0v) is 7.25. The highest BCUT2D eigenvalue weighted by atomic mass is 16.5. The summed E-state index contributed by atoms with van der Waals surface area (Å²) in [5, 5.41) is 0. The number of hydrogen-bond acceptors (Lipinski definition) is 3. The Bertz CT molecular complexity index is 106. The molecule has 1 heterocycles. The summed E-state index contributed by atoms with van der Waals surface area (Å²) in [5.41, 5.74) is 5.46. The zero-order valence-electron chi connectivity index (χ0n) is 7.25. The number of nitrogens with zero attached hydrogens (tertiary/aromatic N) is 1. The molecule has 1 aliphatic rings. The first-order valence-corrected chi connectivity index (χ1v) is 4.32. The van der Waals surface area contributed by atoms with E-state index in [9.17, 15) is 0 Å². The van der Waals surface area contributed by atoms with E-state index < -0.39 is 0 Å². The monoisotopic (exact) mass is 158 g/mol. The second-order valence-corrected chi connectivity index (χ2v) is 3.09. The van der Waals surface area contributed by atoms with Gasteiger partial charge in [-0.25, -0.2) is 0 Å². The van der Waals surface area contributed by atoms with Gasteiger partial charge in [-0.05, 0) is 19.4 Å². The van der Waals surface area contributed by atoms with Crippen molar-refractivity contribution >= 4 is 0 Å². The van der Waals surface area contributed by atoms with Crippen molar-refractivity contribution in [2.45, 2.75) is 18.9 Å². The number of rotatable bonds is 3. The average molecular weight is 158 g/mol. The molecule has 1 rings (SSSR count). The molecule has 1 aliphatic heterocycles. The summed E-state index contributed by atoms with van der Waals surface area (Å²) >= 11 is 0. The van der Waals surface area contributed by atoms with Crippen molar-refractivity contribution in [1.29, 1.82) is 0 Å². The number of hydrogen-bond donors (Lipinski definition) is 1. The standard InChI is InChI=1S/C8H18N2O/c1-11-8-3-2-5-10(7-8)6-4-9/h8H,2-7,9H2,1H3/t8-/m0/s1. The second-order valence-electron chi connectivity index (χ2n) is 3.09. The molecule has 66 valence electrons. The van der Waals surface area contributed by atoms with Crippen molar-refractivity contribution in [3.63, 3.8) is 0 Å². The lowest BCUT2D eigenvalue weighted by Crippen LogP contribution is -2.41. The lowest BCUT2D eigenvalue weighted by atomic mass is 10.1. The van der Waals surface area contributed by atoms with Crippen molar-refractivity contribution < 1.29 is 4.74 Å². The highest BCUT2D eigenvalue weighted by Crippen LogP contribution is 2.11. The quantitative estimate of drug-likeness (QED) is 0.631. The van der Waals surface area contributed by atoms with Crippen molar-refractivity contribution in [2.75, 3.05) is 33.3 Å². The Morgan fingerprint density at radius 2 is 2.45 bits per heavy atom.